The number of aliphatic carboxylic acids is 1. The molecule has 5 nitrogen and oxygen atoms in total. The van der Waals surface area contributed by atoms with E-state index in [1.54, 1.807) is 13.8 Å². The van der Waals surface area contributed by atoms with Crippen LogP contribution in [-0.2, 0) is 14.3 Å². The van der Waals surface area contributed by atoms with Gasteiger partial charge in [-0.25, -0.2) is 0 Å². The van der Waals surface area contributed by atoms with Crippen LogP contribution in [0.5, 0.6) is 5.75 Å². The van der Waals surface area contributed by atoms with Crippen molar-refractivity contribution in [3.05, 3.63) is 54.1 Å². The highest BCUT2D eigenvalue weighted by Crippen LogP contribution is 2.42. The van der Waals surface area contributed by atoms with Gasteiger partial charge in [0, 0.05) is 0 Å². The summed E-state index contributed by atoms with van der Waals surface area (Å²) in [7, 11) is 0. The van der Waals surface area contributed by atoms with E-state index < -0.39 is 23.4 Å². The molecule has 0 aromatic heterocycles. The number of hydrogen-bond acceptors (Lipinski definition) is 4. The van der Waals surface area contributed by atoms with E-state index in [0.717, 1.165) is 28.9 Å². The normalized spacial score (nSPS) is 19.7. The summed E-state index contributed by atoms with van der Waals surface area (Å²) < 4.78 is 11.5. The number of benzene rings is 2. The van der Waals surface area contributed by atoms with E-state index in [1.807, 2.05) is 48.5 Å². The molecular formula is C28H36O5. The van der Waals surface area contributed by atoms with Crippen LogP contribution in [0.15, 0.2) is 48.5 Å². The third kappa shape index (κ3) is 6.37. The quantitative estimate of drug-likeness (QED) is 0.307. The fourth-order valence-electron chi connectivity index (χ4n) is 4.54. The van der Waals surface area contributed by atoms with Crippen molar-refractivity contribution in [3.8, 4) is 16.9 Å². The second-order valence-corrected chi connectivity index (χ2v) is 9.43. The Hall–Kier alpha value is -2.82. The second-order valence-electron chi connectivity index (χ2n) is 9.43. The molecule has 1 saturated heterocycles. The average Bonchev–Trinajstić information content (AvgIpc) is 2.78. The molecule has 2 aromatic rings. The lowest BCUT2D eigenvalue weighted by Crippen LogP contribution is -2.48. The summed E-state index contributed by atoms with van der Waals surface area (Å²) in [5.41, 5.74) is 1.64. The zero-order valence-corrected chi connectivity index (χ0v) is 20.0. The van der Waals surface area contributed by atoms with Gasteiger partial charge in [-0.1, -0.05) is 75.4 Å². The van der Waals surface area contributed by atoms with Crippen LogP contribution in [0.25, 0.3) is 11.1 Å². The first-order valence-electron chi connectivity index (χ1n) is 12.1. The van der Waals surface area contributed by atoms with Crippen LogP contribution in [0.3, 0.4) is 0 Å². The topological polar surface area (TPSA) is 72.8 Å². The number of ether oxygens (including phenoxy) is 2. The van der Waals surface area contributed by atoms with Gasteiger partial charge in [0.15, 0.2) is 0 Å². The van der Waals surface area contributed by atoms with Gasteiger partial charge in [0.05, 0.1) is 18.4 Å². The summed E-state index contributed by atoms with van der Waals surface area (Å²) in [5, 5.41) is 9.68. The van der Waals surface area contributed by atoms with Crippen molar-refractivity contribution in [1.29, 1.82) is 0 Å². The highest BCUT2D eigenvalue weighted by atomic mass is 16.6. The summed E-state index contributed by atoms with van der Waals surface area (Å²) in [6.45, 7) is 6.26. The largest absolute Gasteiger partial charge is 0.494 e. The van der Waals surface area contributed by atoms with Gasteiger partial charge in [-0.15, -0.1) is 0 Å². The van der Waals surface area contributed by atoms with Crippen LogP contribution in [0.4, 0.5) is 0 Å². The standard InChI is InChI=1S/C28H36O5/c1-4-5-6-7-8-11-18-32-21-16-14-20(15-17-21)22-12-9-10-13-23(22)24-19-25(26(29)30)28(2,3)33-27(24)31/h9-10,12-17,24-25H,4-8,11,18-19H2,1-3H3,(H,29,30)/t24?,25-/m0/s1. The van der Waals surface area contributed by atoms with Crippen molar-refractivity contribution in [2.24, 2.45) is 5.92 Å². The van der Waals surface area contributed by atoms with E-state index in [9.17, 15) is 14.7 Å². The number of carbonyl (C=O) groups is 2. The van der Waals surface area contributed by atoms with E-state index >= 15 is 0 Å². The molecular weight excluding hydrogens is 416 g/mol. The van der Waals surface area contributed by atoms with Crippen molar-refractivity contribution in [2.75, 3.05) is 6.61 Å². The molecule has 0 bridgehead atoms. The molecule has 2 atom stereocenters. The lowest BCUT2D eigenvalue weighted by Gasteiger charge is -2.39. The van der Waals surface area contributed by atoms with Crippen molar-refractivity contribution in [3.63, 3.8) is 0 Å². The Balaban J connectivity index is 1.69. The van der Waals surface area contributed by atoms with E-state index in [2.05, 4.69) is 6.92 Å². The molecule has 0 spiro atoms. The van der Waals surface area contributed by atoms with Gasteiger partial charge in [0.25, 0.3) is 0 Å². The number of hydrogen-bond donors (Lipinski definition) is 1. The SMILES string of the molecule is CCCCCCCCOc1ccc(-c2ccccc2C2C[C@@H](C(=O)O)C(C)(C)OC2=O)cc1. The molecule has 1 aliphatic heterocycles. The predicted octanol–water partition coefficient (Wildman–Crippen LogP) is 6.60. The monoisotopic (exact) mass is 452 g/mol. The molecule has 33 heavy (non-hydrogen) atoms. The van der Waals surface area contributed by atoms with Crippen LogP contribution in [0, 0.1) is 5.92 Å². The Labute approximate surface area is 197 Å². The minimum atomic E-state index is -1.02. The Morgan fingerprint density at radius 2 is 1.70 bits per heavy atom. The molecule has 0 saturated carbocycles. The molecule has 1 unspecified atom stereocenters. The number of carbonyl (C=O) groups excluding carboxylic acids is 1. The molecule has 3 rings (SSSR count). The first kappa shape index (κ1) is 24.8. The maximum Gasteiger partial charge on any atom is 0.314 e. The van der Waals surface area contributed by atoms with Crippen LogP contribution < -0.4 is 4.74 Å². The van der Waals surface area contributed by atoms with E-state index in [-0.39, 0.29) is 12.4 Å². The summed E-state index contributed by atoms with van der Waals surface area (Å²) in [6.07, 6.45) is 7.58. The highest BCUT2D eigenvalue weighted by Gasteiger charge is 2.47. The van der Waals surface area contributed by atoms with Gasteiger partial charge >= 0.3 is 11.9 Å². The second kappa shape index (κ2) is 11.4. The number of carboxylic acid groups (broad SMARTS) is 1. The molecule has 1 N–H and O–H groups in total. The molecule has 1 fully saturated rings. The van der Waals surface area contributed by atoms with E-state index in [0.29, 0.717) is 6.61 Å². The smallest absolute Gasteiger partial charge is 0.314 e. The zero-order valence-electron chi connectivity index (χ0n) is 20.0. The lowest BCUT2D eigenvalue weighted by atomic mass is 9.76. The average molecular weight is 453 g/mol. The van der Waals surface area contributed by atoms with E-state index in [4.69, 9.17) is 9.47 Å². The van der Waals surface area contributed by atoms with Crippen molar-refractivity contribution in [1.82, 2.24) is 0 Å². The van der Waals surface area contributed by atoms with Crippen molar-refractivity contribution in [2.45, 2.75) is 77.2 Å². The fourth-order valence-corrected chi connectivity index (χ4v) is 4.54. The number of cyclic esters (lactones) is 1. The Morgan fingerprint density at radius 1 is 1.03 bits per heavy atom. The summed E-state index contributed by atoms with van der Waals surface area (Å²) in [4.78, 5) is 24.6. The maximum absolute atomic E-state index is 12.8. The first-order chi connectivity index (χ1) is 15.8. The lowest BCUT2D eigenvalue weighted by molar-refractivity contribution is -0.181. The molecule has 1 aliphatic rings. The molecule has 0 radical (unpaired) electrons. The maximum atomic E-state index is 12.8. The van der Waals surface area contributed by atoms with Crippen LogP contribution >= 0.6 is 0 Å². The zero-order chi connectivity index (χ0) is 23.8. The van der Waals surface area contributed by atoms with Crippen LogP contribution in [0.2, 0.25) is 0 Å². The Bertz CT molecular complexity index is 932. The Morgan fingerprint density at radius 3 is 2.39 bits per heavy atom. The minimum Gasteiger partial charge on any atom is -0.494 e. The molecule has 0 amide bonds. The van der Waals surface area contributed by atoms with Gasteiger partial charge in [-0.3, -0.25) is 9.59 Å². The van der Waals surface area contributed by atoms with Crippen LogP contribution in [-0.4, -0.2) is 29.3 Å². The molecule has 0 aliphatic carbocycles. The third-order valence-corrected chi connectivity index (χ3v) is 6.52. The number of carboxylic acids is 1. The highest BCUT2D eigenvalue weighted by molar-refractivity contribution is 5.86. The van der Waals surface area contributed by atoms with Crippen LogP contribution in [0.1, 0.15) is 77.2 Å². The number of rotatable bonds is 11. The summed E-state index contributed by atoms with van der Waals surface area (Å²) in [5.74, 6) is -1.86. The predicted molar refractivity (Wildman–Crippen MR) is 129 cm³/mol. The first-order valence-corrected chi connectivity index (χ1v) is 12.1. The fraction of sp³-hybridized carbons (Fsp3) is 0.500. The molecule has 178 valence electrons. The number of unbranched alkanes of at least 4 members (excludes halogenated alkanes) is 5. The minimum absolute atomic E-state index is 0.220. The molecule has 2 aromatic carbocycles. The summed E-state index contributed by atoms with van der Waals surface area (Å²) >= 11 is 0. The van der Waals surface area contributed by atoms with Gasteiger partial charge < -0.3 is 14.6 Å². The molecule has 5 heteroatoms. The van der Waals surface area contributed by atoms with Gasteiger partial charge in [0.2, 0.25) is 0 Å². The van der Waals surface area contributed by atoms with E-state index in [1.165, 1.54) is 32.1 Å². The molecule has 1 heterocycles. The van der Waals surface area contributed by atoms with Gasteiger partial charge in [0.1, 0.15) is 11.4 Å². The third-order valence-electron chi connectivity index (χ3n) is 6.52. The Kier molecular flexibility index (Phi) is 8.54. The van der Waals surface area contributed by atoms with Crippen molar-refractivity contribution >= 4 is 11.9 Å². The van der Waals surface area contributed by atoms with Crippen molar-refractivity contribution < 1.29 is 24.2 Å². The van der Waals surface area contributed by atoms with Gasteiger partial charge in [-0.05, 0) is 55.5 Å². The number of esters is 1. The summed E-state index contributed by atoms with van der Waals surface area (Å²) in [6, 6.07) is 15.5. The van der Waals surface area contributed by atoms with Gasteiger partial charge in [-0.2, -0.15) is 0 Å².